The van der Waals surface area contributed by atoms with Gasteiger partial charge in [0.2, 0.25) is 15.9 Å². The van der Waals surface area contributed by atoms with E-state index in [2.05, 4.69) is 15.6 Å². The van der Waals surface area contributed by atoms with Crippen molar-refractivity contribution in [1.29, 1.82) is 0 Å². The molecule has 1 amide bonds. The first-order valence-electron chi connectivity index (χ1n) is 6.56. The van der Waals surface area contributed by atoms with E-state index in [1.54, 1.807) is 13.0 Å². The molecule has 10 heteroatoms. The zero-order valence-electron chi connectivity index (χ0n) is 12.8. The van der Waals surface area contributed by atoms with Crippen LogP contribution in [0.1, 0.15) is 5.56 Å². The number of likely N-dealkylation sites (N-methyl/N-ethyl adjacent to an activating group) is 1. The highest BCUT2D eigenvalue weighted by Gasteiger charge is 2.16. The molecular weight excluding hydrogens is 325 g/mol. The summed E-state index contributed by atoms with van der Waals surface area (Å²) in [6.45, 7) is 1.40. The quantitative estimate of drug-likeness (QED) is 0.856. The minimum atomic E-state index is -3.45. The summed E-state index contributed by atoms with van der Waals surface area (Å²) in [6.07, 6.45) is 2.41. The molecule has 124 valence electrons. The van der Waals surface area contributed by atoms with Gasteiger partial charge in [-0.05, 0) is 30.7 Å². The van der Waals surface area contributed by atoms with Gasteiger partial charge < -0.3 is 5.32 Å². The van der Waals surface area contributed by atoms with Crippen LogP contribution in [0.15, 0.2) is 24.4 Å². The number of hydrogen-bond acceptors (Lipinski definition) is 5. The third-order valence-corrected chi connectivity index (χ3v) is 4.25. The van der Waals surface area contributed by atoms with Crippen LogP contribution in [-0.2, 0) is 14.8 Å². The molecule has 0 saturated heterocycles. The van der Waals surface area contributed by atoms with Gasteiger partial charge in [0, 0.05) is 7.05 Å². The van der Waals surface area contributed by atoms with E-state index in [1.165, 1.54) is 30.1 Å². The summed E-state index contributed by atoms with van der Waals surface area (Å²) < 4.78 is 38.1. The van der Waals surface area contributed by atoms with Crippen molar-refractivity contribution in [3.63, 3.8) is 0 Å². The highest BCUT2D eigenvalue weighted by atomic mass is 32.2. The first kappa shape index (κ1) is 17.0. The Balaban J connectivity index is 2.09. The van der Waals surface area contributed by atoms with Crippen molar-refractivity contribution in [2.75, 3.05) is 25.2 Å². The van der Waals surface area contributed by atoms with Crippen molar-refractivity contribution in [3.05, 3.63) is 35.8 Å². The van der Waals surface area contributed by atoms with Crippen LogP contribution in [-0.4, -0.2) is 53.5 Å². The van der Waals surface area contributed by atoms with Crippen molar-refractivity contribution >= 4 is 21.7 Å². The lowest BCUT2D eigenvalue weighted by Crippen LogP contribution is -2.34. The van der Waals surface area contributed by atoms with Crippen LogP contribution >= 0.6 is 0 Å². The van der Waals surface area contributed by atoms with Crippen LogP contribution in [0, 0.1) is 12.7 Å². The number of nitrogens with one attached hydrogen (secondary N) is 1. The minimum Gasteiger partial charge on any atom is -0.307 e. The molecule has 0 atom stereocenters. The molecule has 0 bridgehead atoms. The Morgan fingerprint density at radius 3 is 2.70 bits per heavy atom. The fourth-order valence-electron chi connectivity index (χ4n) is 1.80. The molecule has 0 aliphatic carbocycles. The largest absolute Gasteiger partial charge is 0.307 e. The lowest BCUT2D eigenvalue weighted by atomic mass is 10.2. The van der Waals surface area contributed by atoms with E-state index >= 15 is 0 Å². The molecular formula is C13H16FN5O3S. The molecule has 0 unspecified atom stereocenters. The molecule has 0 aliphatic rings. The van der Waals surface area contributed by atoms with Gasteiger partial charge in [0.25, 0.3) is 0 Å². The van der Waals surface area contributed by atoms with Gasteiger partial charge in [0.1, 0.15) is 5.82 Å². The Morgan fingerprint density at radius 2 is 2.09 bits per heavy atom. The van der Waals surface area contributed by atoms with Crippen LogP contribution in [0.2, 0.25) is 0 Å². The number of nitrogens with zero attached hydrogens (tertiary/aromatic N) is 4. The highest BCUT2D eigenvalue weighted by molar-refractivity contribution is 7.88. The SMILES string of the molecule is Cc1cc(F)cc(-n2cc(NC(=O)CN(C)S(C)(=O)=O)nn2)c1. The fraction of sp³-hybridized carbons (Fsp3) is 0.308. The van der Waals surface area contributed by atoms with Crippen molar-refractivity contribution in [2.45, 2.75) is 6.92 Å². The fourth-order valence-corrected chi connectivity index (χ4v) is 2.15. The van der Waals surface area contributed by atoms with Crippen LogP contribution < -0.4 is 5.32 Å². The average Bonchev–Trinajstić information content (AvgIpc) is 2.84. The predicted molar refractivity (Wildman–Crippen MR) is 82.2 cm³/mol. The molecule has 1 heterocycles. The zero-order chi connectivity index (χ0) is 17.2. The van der Waals surface area contributed by atoms with Crippen LogP contribution in [0.25, 0.3) is 5.69 Å². The summed E-state index contributed by atoms with van der Waals surface area (Å²) in [5.74, 6) is -0.824. The average molecular weight is 341 g/mol. The van der Waals surface area contributed by atoms with Gasteiger partial charge in [-0.2, -0.15) is 4.31 Å². The molecule has 0 spiro atoms. The maximum absolute atomic E-state index is 13.4. The van der Waals surface area contributed by atoms with Crippen molar-refractivity contribution in [2.24, 2.45) is 0 Å². The van der Waals surface area contributed by atoms with Crippen LogP contribution in [0.3, 0.4) is 0 Å². The first-order valence-corrected chi connectivity index (χ1v) is 8.41. The van der Waals surface area contributed by atoms with E-state index in [0.29, 0.717) is 5.69 Å². The van der Waals surface area contributed by atoms with E-state index in [-0.39, 0.29) is 12.4 Å². The standard InChI is InChI=1S/C13H16FN5O3S/c1-9-4-10(14)6-11(5-9)19-7-12(16-17-19)15-13(20)8-18(2)23(3,21)22/h4-7H,8H2,1-3H3,(H,15,20). The number of halogens is 1. The third kappa shape index (κ3) is 4.57. The lowest BCUT2D eigenvalue weighted by molar-refractivity contribution is -0.116. The van der Waals surface area contributed by atoms with E-state index in [1.807, 2.05) is 0 Å². The Morgan fingerprint density at radius 1 is 1.39 bits per heavy atom. The Bertz CT molecular complexity index is 814. The van der Waals surface area contributed by atoms with Gasteiger partial charge in [0.05, 0.1) is 24.7 Å². The van der Waals surface area contributed by atoms with Crippen molar-refractivity contribution in [3.8, 4) is 5.69 Å². The molecule has 2 aromatic rings. The number of carbonyl (C=O) groups is 1. The summed E-state index contributed by atoms with van der Waals surface area (Å²) in [5.41, 5.74) is 1.18. The first-order chi connectivity index (χ1) is 10.6. The molecule has 0 saturated carbocycles. The smallest absolute Gasteiger partial charge is 0.240 e. The number of rotatable bonds is 5. The van der Waals surface area contributed by atoms with E-state index in [0.717, 1.165) is 16.1 Å². The van der Waals surface area contributed by atoms with E-state index in [9.17, 15) is 17.6 Å². The number of aromatic nitrogens is 3. The van der Waals surface area contributed by atoms with Crippen molar-refractivity contribution in [1.82, 2.24) is 19.3 Å². The minimum absolute atomic E-state index is 0.138. The third-order valence-electron chi connectivity index (χ3n) is 2.98. The number of hydrogen-bond donors (Lipinski definition) is 1. The normalized spacial score (nSPS) is 11.7. The molecule has 2 rings (SSSR count). The van der Waals surface area contributed by atoms with Gasteiger partial charge in [-0.15, -0.1) is 5.10 Å². The van der Waals surface area contributed by atoms with E-state index < -0.39 is 21.7 Å². The number of anilines is 1. The maximum Gasteiger partial charge on any atom is 0.240 e. The number of amides is 1. The van der Waals surface area contributed by atoms with Crippen LogP contribution in [0.4, 0.5) is 10.2 Å². The summed E-state index contributed by atoms with van der Waals surface area (Å²) in [6, 6.07) is 4.37. The van der Waals surface area contributed by atoms with Crippen LogP contribution in [0.5, 0.6) is 0 Å². The number of carbonyl (C=O) groups excluding carboxylic acids is 1. The molecule has 23 heavy (non-hydrogen) atoms. The molecule has 0 radical (unpaired) electrons. The summed E-state index contributed by atoms with van der Waals surface area (Å²) in [4.78, 5) is 11.8. The van der Waals surface area contributed by atoms with Gasteiger partial charge >= 0.3 is 0 Å². The molecule has 1 aromatic heterocycles. The maximum atomic E-state index is 13.4. The number of aryl methyl sites for hydroxylation is 1. The molecule has 0 aliphatic heterocycles. The van der Waals surface area contributed by atoms with Gasteiger partial charge in [-0.25, -0.2) is 17.5 Å². The highest BCUT2D eigenvalue weighted by Crippen LogP contribution is 2.13. The number of sulfonamides is 1. The molecule has 1 N–H and O–H groups in total. The van der Waals surface area contributed by atoms with Gasteiger partial charge in [-0.3, -0.25) is 4.79 Å². The predicted octanol–water partition coefficient (Wildman–Crippen LogP) is 0.545. The van der Waals surface area contributed by atoms with Gasteiger partial charge in [-0.1, -0.05) is 5.21 Å². The molecule has 1 aromatic carbocycles. The van der Waals surface area contributed by atoms with Crippen molar-refractivity contribution < 1.29 is 17.6 Å². The second-order valence-electron chi connectivity index (χ2n) is 5.10. The summed E-state index contributed by atoms with van der Waals surface area (Å²) in [5, 5.41) is 9.99. The Hall–Kier alpha value is -2.33. The lowest BCUT2D eigenvalue weighted by Gasteiger charge is -2.12. The topological polar surface area (TPSA) is 97.2 Å². The summed E-state index contributed by atoms with van der Waals surface area (Å²) >= 11 is 0. The molecule has 8 nitrogen and oxygen atoms in total. The van der Waals surface area contributed by atoms with Gasteiger partial charge in [0.15, 0.2) is 5.82 Å². The van der Waals surface area contributed by atoms with E-state index in [4.69, 9.17) is 0 Å². The monoisotopic (exact) mass is 341 g/mol. The summed E-state index contributed by atoms with van der Waals surface area (Å²) in [7, 11) is -2.15. The Kier molecular flexibility index (Phi) is 4.76. The Labute approximate surface area is 133 Å². The zero-order valence-corrected chi connectivity index (χ0v) is 13.6. The molecule has 0 fully saturated rings. The number of benzene rings is 1. The second-order valence-corrected chi connectivity index (χ2v) is 7.19. The second kappa shape index (κ2) is 6.42.